The lowest BCUT2D eigenvalue weighted by atomic mass is 10.2. The van der Waals surface area contributed by atoms with Gasteiger partial charge in [-0.2, -0.15) is 0 Å². The molecule has 3 rings (SSSR count). The molecule has 0 unspecified atom stereocenters. The summed E-state index contributed by atoms with van der Waals surface area (Å²) >= 11 is 0. The number of cyclic esters (lactones) is 1. The van der Waals surface area contributed by atoms with Gasteiger partial charge >= 0.3 is 6.09 Å². The molecule has 1 aliphatic heterocycles. The molecule has 1 atom stereocenters. The molecule has 0 radical (unpaired) electrons. The van der Waals surface area contributed by atoms with E-state index < -0.39 is 18.0 Å². The summed E-state index contributed by atoms with van der Waals surface area (Å²) in [5, 5.41) is 9.03. The highest BCUT2D eigenvalue weighted by Crippen LogP contribution is 2.27. The number of carbonyl (C=O) groups is 1. The Morgan fingerprint density at radius 3 is 2.70 bits per heavy atom. The molecule has 23 heavy (non-hydrogen) atoms. The molecule has 0 aromatic heterocycles. The highest BCUT2D eigenvalue weighted by atomic mass is 19.1. The van der Waals surface area contributed by atoms with E-state index in [4.69, 9.17) is 14.6 Å². The Kier molecular flexibility index (Phi) is 4.43. The highest BCUT2D eigenvalue weighted by molar-refractivity contribution is 5.89. The van der Waals surface area contributed by atoms with Gasteiger partial charge in [-0.15, -0.1) is 0 Å². The zero-order valence-electron chi connectivity index (χ0n) is 12.3. The topological polar surface area (TPSA) is 59.0 Å². The fourth-order valence-corrected chi connectivity index (χ4v) is 2.34. The second-order valence-corrected chi connectivity index (χ2v) is 5.19. The molecule has 0 saturated carbocycles. The number of ether oxygens (including phenoxy) is 2. The number of carbonyl (C=O) groups excluding carboxylic acids is 1. The van der Waals surface area contributed by atoms with Gasteiger partial charge in [0.2, 0.25) is 0 Å². The lowest BCUT2D eigenvalue weighted by Crippen LogP contribution is -2.25. The first-order valence-electron chi connectivity index (χ1n) is 7.22. The smallest absolute Gasteiger partial charge is 0.414 e. The van der Waals surface area contributed by atoms with Crippen molar-refractivity contribution >= 4 is 11.8 Å². The van der Waals surface area contributed by atoms with Crippen molar-refractivity contribution in [2.24, 2.45) is 0 Å². The van der Waals surface area contributed by atoms with Crippen molar-refractivity contribution in [3.05, 3.63) is 59.9 Å². The van der Waals surface area contributed by atoms with E-state index in [2.05, 4.69) is 0 Å². The number of aliphatic hydroxyl groups excluding tert-OH is 1. The number of nitrogens with zero attached hydrogens (tertiary/aromatic N) is 1. The molecule has 5 nitrogen and oxygen atoms in total. The Labute approximate surface area is 132 Å². The third-order valence-electron chi connectivity index (χ3n) is 3.54. The lowest BCUT2D eigenvalue weighted by Gasteiger charge is -2.14. The first-order valence-corrected chi connectivity index (χ1v) is 7.22. The standard InChI is InChI=1S/C17H16FNO4/c18-15-8-13(19-9-14(10-20)23-17(19)21)6-7-16(15)22-11-12-4-2-1-3-5-12/h1-8,14,20H,9-11H2/t14-/m1/s1. The minimum absolute atomic E-state index is 0.115. The number of amides is 1. The normalized spacial score (nSPS) is 17.2. The summed E-state index contributed by atoms with van der Waals surface area (Å²) < 4.78 is 24.6. The van der Waals surface area contributed by atoms with Gasteiger partial charge in [-0.25, -0.2) is 9.18 Å². The molecule has 2 aromatic rings. The van der Waals surface area contributed by atoms with E-state index in [0.29, 0.717) is 5.69 Å². The van der Waals surface area contributed by atoms with Gasteiger partial charge in [-0.1, -0.05) is 30.3 Å². The van der Waals surface area contributed by atoms with Crippen molar-refractivity contribution in [2.75, 3.05) is 18.1 Å². The van der Waals surface area contributed by atoms with Crippen LogP contribution < -0.4 is 9.64 Å². The Morgan fingerprint density at radius 2 is 2.04 bits per heavy atom. The molecule has 0 aliphatic carbocycles. The molecule has 1 aliphatic rings. The first-order chi connectivity index (χ1) is 11.2. The Bertz CT molecular complexity index is 692. The molecule has 1 saturated heterocycles. The molecular weight excluding hydrogens is 301 g/mol. The Balaban J connectivity index is 1.70. The van der Waals surface area contributed by atoms with Crippen LogP contribution in [0, 0.1) is 5.82 Å². The van der Waals surface area contributed by atoms with Gasteiger partial charge in [0.25, 0.3) is 0 Å². The molecule has 2 aromatic carbocycles. The summed E-state index contributed by atoms with van der Waals surface area (Å²) in [6, 6.07) is 13.7. The van der Waals surface area contributed by atoms with Crippen LogP contribution in [0.15, 0.2) is 48.5 Å². The van der Waals surface area contributed by atoms with Crippen LogP contribution in [0.2, 0.25) is 0 Å². The van der Waals surface area contributed by atoms with E-state index in [-0.39, 0.29) is 25.5 Å². The molecule has 6 heteroatoms. The van der Waals surface area contributed by atoms with Crippen LogP contribution in [0.1, 0.15) is 5.56 Å². The maximum atomic E-state index is 14.2. The van der Waals surface area contributed by atoms with Crippen LogP contribution in [0.3, 0.4) is 0 Å². The van der Waals surface area contributed by atoms with E-state index in [1.54, 1.807) is 6.07 Å². The quantitative estimate of drug-likeness (QED) is 0.921. The van der Waals surface area contributed by atoms with Crippen LogP contribution in [-0.2, 0) is 11.3 Å². The third kappa shape index (κ3) is 3.43. The van der Waals surface area contributed by atoms with Crippen LogP contribution >= 0.6 is 0 Å². The monoisotopic (exact) mass is 317 g/mol. The van der Waals surface area contributed by atoms with Crippen molar-refractivity contribution in [1.29, 1.82) is 0 Å². The molecule has 0 bridgehead atoms. The average Bonchev–Trinajstić information content (AvgIpc) is 2.96. The Morgan fingerprint density at radius 1 is 1.26 bits per heavy atom. The molecular formula is C17H16FNO4. The summed E-state index contributed by atoms with van der Waals surface area (Å²) in [5.41, 5.74) is 1.31. The SMILES string of the molecule is O=C1O[C@@H](CO)CN1c1ccc(OCc2ccccc2)c(F)c1. The van der Waals surface area contributed by atoms with Gasteiger partial charge in [0.1, 0.15) is 12.7 Å². The largest absolute Gasteiger partial charge is 0.486 e. The van der Waals surface area contributed by atoms with Crippen LogP contribution in [0.4, 0.5) is 14.9 Å². The zero-order chi connectivity index (χ0) is 16.2. The van der Waals surface area contributed by atoms with Gasteiger partial charge in [-0.3, -0.25) is 4.90 Å². The summed E-state index contributed by atoms with van der Waals surface area (Å²) in [5.74, 6) is -0.442. The number of aliphatic hydroxyl groups is 1. The van der Waals surface area contributed by atoms with Crippen LogP contribution in [0.5, 0.6) is 5.75 Å². The minimum atomic E-state index is -0.596. The van der Waals surface area contributed by atoms with E-state index in [0.717, 1.165) is 5.56 Å². The fraction of sp³-hybridized carbons (Fsp3) is 0.235. The summed E-state index contributed by atoms with van der Waals surface area (Å²) in [7, 11) is 0. The maximum Gasteiger partial charge on any atom is 0.414 e. The van der Waals surface area contributed by atoms with E-state index >= 15 is 0 Å². The number of halogens is 1. The number of hydrogen-bond donors (Lipinski definition) is 1. The van der Waals surface area contributed by atoms with Crippen LogP contribution in [-0.4, -0.2) is 30.5 Å². The van der Waals surface area contributed by atoms with Gasteiger partial charge in [0.15, 0.2) is 11.6 Å². The molecule has 1 amide bonds. The van der Waals surface area contributed by atoms with Crippen molar-refractivity contribution < 1.29 is 23.8 Å². The summed E-state index contributed by atoms with van der Waals surface area (Å²) in [4.78, 5) is 13.0. The predicted octanol–water partition coefficient (Wildman–Crippen LogP) is 2.72. The molecule has 120 valence electrons. The number of hydrogen-bond acceptors (Lipinski definition) is 4. The van der Waals surface area contributed by atoms with Gasteiger partial charge in [0.05, 0.1) is 18.8 Å². The van der Waals surface area contributed by atoms with Crippen molar-refractivity contribution in [3.8, 4) is 5.75 Å². The van der Waals surface area contributed by atoms with E-state index in [1.807, 2.05) is 30.3 Å². The van der Waals surface area contributed by atoms with Crippen LogP contribution in [0.25, 0.3) is 0 Å². The molecule has 0 spiro atoms. The number of rotatable bonds is 5. The van der Waals surface area contributed by atoms with E-state index in [1.165, 1.54) is 17.0 Å². The van der Waals surface area contributed by atoms with E-state index in [9.17, 15) is 9.18 Å². The van der Waals surface area contributed by atoms with Gasteiger partial charge < -0.3 is 14.6 Å². The number of anilines is 1. The third-order valence-corrected chi connectivity index (χ3v) is 3.54. The van der Waals surface area contributed by atoms with Crippen molar-refractivity contribution in [2.45, 2.75) is 12.7 Å². The van der Waals surface area contributed by atoms with Crippen molar-refractivity contribution in [3.63, 3.8) is 0 Å². The predicted molar refractivity (Wildman–Crippen MR) is 81.9 cm³/mol. The second-order valence-electron chi connectivity index (χ2n) is 5.19. The lowest BCUT2D eigenvalue weighted by molar-refractivity contribution is 0.0963. The van der Waals surface area contributed by atoms with Gasteiger partial charge in [0, 0.05) is 6.07 Å². The summed E-state index contributed by atoms with van der Waals surface area (Å²) in [6.07, 6.45) is -1.18. The maximum absolute atomic E-state index is 14.2. The molecule has 1 N–H and O–H groups in total. The fourth-order valence-electron chi connectivity index (χ4n) is 2.34. The van der Waals surface area contributed by atoms with Gasteiger partial charge in [-0.05, 0) is 17.7 Å². The molecule has 1 fully saturated rings. The highest BCUT2D eigenvalue weighted by Gasteiger charge is 2.32. The van der Waals surface area contributed by atoms with Crippen molar-refractivity contribution in [1.82, 2.24) is 0 Å². The first kappa shape index (κ1) is 15.3. The Hall–Kier alpha value is -2.60. The second kappa shape index (κ2) is 6.66. The molecule has 1 heterocycles. The zero-order valence-corrected chi connectivity index (χ0v) is 12.3. The average molecular weight is 317 g/mol. The number of benzene rings is 2. The minimum Gasteiger partial charge on any atom is -0.486 e. The summed E-state index contributed by atoms with van der Waals surface area (Å²) in [6.45, 7) is 0.192.